The molecule has 0 unspecified atom stereocenters. The molecule has 0 aromatic heterocycles. The van der Waals surface area contributed by atoms with Crippen LogP contribution in [0.1, 0.15) is 36.1 Å². The van der Waals surface area contributed by atoms with Crippen molar-refractivity contribution in [2.75, 3.05) is 6.54 Å². The smallest absolute Gasteiger partial charge is 0.237 e. The largest absolute Gasteiger partial charge is 0.386 e. The van der Waals surface area contributed by atoms with Crippen LogP contribution in [0.2, 0.25) is 0 Å². The standard InChI is InChI=1S/C19H22N2O2/c22-18(15-10-5-2-6-11-15)17(14-8-3-1-4-9-14)21-19(23)16-12-7-13-20-16/h1-6,8-11,16-18,20,22H,7,12-13H2,(H,21,23)/t16-,17-,18+/m0/s1. The molecule has 3 N–H and O–H groups in total. The van der Waals surface area contributed by atoms with Crippen LogP contribution in [0.15, 0.2) is 60.7 Å². The number of amides is 1. The highest BCUT2D eigenvalue weighted by Gasteiger charge is 2.29. The summed E-state index contributed by atoms with van der Waals surface area (Å²) in [5.74, 6) is -0.0497. The normalized spacial score (nSPS) is 20.0. The first-order valence-electron chi connectivity index (χ1n) is 8.07. The van der Waals surface area contributed by atoms with E-state index in [-0.39, 0.29) is 11.9 Å². The summed E-state index contributed by atoms with van der Waals surface area (Å²) in [6.07, 6.45) is 1.06. The summed E-state index contributed by atoms with van der Waals surface area (Å²) in [6, 6.07) is 18.4. The lowest BCUT2D eigenvalue weighted by Crippen LogP contribution is -2.43. The summed E-state index contributed by atoms with van der Waals surface area (Å²) >= 11 is 0. The Kier molecular flexibility index (Phi) is 5.05. The Bertz CT molecular complexity index is 624. The van der Waals surface area contributed by atoms with E-state index in [0.717, 1.165) is 30.5 Å². The zero-order chi connectivity index (χ0) is 16.1. The van der Waals surface area contributed by atoms with Crippen molar-refractivity contribution in [1.29, 1.82) is 0 Å². The zero-order valence-electron chi connectivity index (χ0n) is 13.0. The van der Waals surface area contributed by atoms with E-state index in [0.29, 0.717) is 0 Å². The fourth-order valence-corrected chi connectivity index (χ4v) is 3.01. The summed E-state index contributed by atoms with van der Waals surface area (Å²) in [5.41, 5.74) is 1.69. The Morgan fingerprint density at radius 1 is 1.04 bits per heavy atom. The highest BCUT2D eigenvalue weighted by Crippen LogP contribution is 2.29. The number of aliphatic hydroxyl groups is 1. The number of nitrogens with one attached hydrogen (secondary N) is 2. The maximum atomic E-state index is 12.5. The Labute approximate surface area is 136 Å². The molecular weight excluding hydrogens is 288 g/mol. The fourth-order valence-electron chi connectivity index (χ4n) is 3.01. The van der Waals surface area contributed by atoms with Gasteiger partial charge in [0, 0.05) is 0 Å². The lowest BCUT2D eigenvalue weighted by atomic mass is 9.95. The molecule has 3 atom stereocenters. The van der Waals surface area contributed by atoms with Gasteiger partial charge in [-0.25, -0.2) is 0 Å². The van der Waals surface area contributed by atoms with Gasteiger partial charge in [-0.15, -0.1) is 0 Å². The van der Waals surface area contributed by atoms with Crippen LogP contribution >= 0.6 is 0 Å². The molecule has 1 heterocycles. The van der Waals surface area contributed by atoms with Gasteiger partial charge in [0.15, 0.2) is 0 Å². The SMILES string of the molecule is O=C(N[C@@H](c1ccccc1)[C@H](O)c1ccccc1)[C@@H]1CCCN1. The molecule has 4 heteroatoms. The number of carbonyl (C=O) groups is 1. The highest BCUT2D eigenvalue weighted by molar-refractivity contribution is 5.82. The number of hydrogen-bond donors (Lipinski definition) is 3. The van der Waals surface area contributed by atoms with E-state index >= 15 is 0 Å². The number of hydrogen-bond acceptors (Lipinski definition) is 3. The lowest BCUT2D eigenvalue weighted by Gasteiger charge is -2.26. The first kappa shape index (κ1) is 15.7. The van der Waals surface area contributed by atoms with Gasteiger partial charge in [0.25, 0.3) is 0 Å². The molecule has 0 spiro atoms. The molecule has 2 aromatic carbocycles. The van der Waals surface area contributed by atoms with E-state index < -0.39 is 12.1 Å². The highest BCUT2D eigenvalue weighted by atomic mass is 16.3. The average Bonchev–Trinajstić information content (AvgIpc) is 3.15. The third-order valence-electron chi connectivity index (χ3n) is 4.29. The molecular formula is C19H22N2O2. The van der Waals surface area contributed by atoms with Gasteiger partial charge in [0.05, 0.1) is 12.1 Å². The molecule has 3 rings (SSSR count). The minimum absolute atomic E-state index is 0.0497. The first-order valence-corrected chi connectivity index (χ1v) is 8.07. The Morgan fingerprint density at radius 3 is 2.22 bits per heavy atom. The maximum Gasteiger partial charge on any atom is 0.237 e. The van der Waals surface area contributed by atoms with Gasteiger partial charge in [-0.1, -0.05) is 60.7 Å². The van der Waals surface area contributed by atoms with E-state index in [1.807, 2.05) is 60.7 Å². The molecule has 0 bridgehead atoms. The number of benzene rings is 2. The number of rotatable bonds is 5. The van der Waals surface area contributed by atoms with Gasteiger partial charge < -0.3 is 15.7 Å². The first-order chi connectivity index (χ1) is 11.3. The summed E-state index contributed by atoms with van der Waals surface area (Å²) in [7, 11) is 0. The van der Waals surface area contributed by atoms with E-state index in [1.54, 1.807) is 0 Å². The second kappa shape index (κ2) is 7.40. The Hall–Kier alpha value is -2.17. The number of aliphatic hydroxyl groups excluding tert-OH is 1. The van der Waals surface area contributed by atoms with Crippen molar-refractivity contribution in [1.82, 2.24) is 10.6 Å². The molecule has 2 aromatic rings. The maximum absolute atomic E-state index is 12.5. The topological polar surface area (TPSA) is 61.4 Å². The molecule has 1 fully saturated rings. The molecule has 1 aliphatic heterocycles. The van der Waals surface area contributed by atoms with Gasteiger partial charge in [-0.2, -0.15) is 0 Å². The predicted molar refractivity (Wildman–Crippen MR) is 89.8 cm³/mol. The van der Waals surface area contributed by atoms with Gasteiger partial charge in [0.1, 0.15) is 6.10 Å². The molecule has 0 radical (unpaired) electrons. The van der Waals surface area contributed by atoms with Gasteiger partial charge in [0.2, 0.25) is 5.91 Å². The average molecular weight is 310 g/mol. The van der Waals surface area contributed by atoms with Crippen molar-refractivity contribution in [3.05, 3.63) is 71.8 Å². The summed E-state index contributed by atoms with van der Waals surface area (Å²) in [5, 5.41) is 17.0. The molecule has 1 saturated heterocycles. The van der Waals surface area contributed by atoms with Crippen LogP contribution in [0.5, 0.6) is 0 Å². The van der Waals surface area contributed by atoms with Crippen molar-refractivity contribution in [3.63, 3.8) is 0 Å². The van der Waals surface area contributed by atoms with Crippen LogP contribution in [0.3, 0.4) is 0 Å². The van der Waals surface area contributed by atoms with Crippen molar-refractivity contribution in [2.45, 2.75) is 31.0 Å². The van der Waals surface area contributed by atoms with Crippen molar-refractivity contribution >= 4 is 5.91 Å². The zero-order valence-corrected chi connectivity index (χ0v) is 13.0. The van der Waals surface area contributed by atoms with Crippen molar-refractivity contribution < 1.29 is 9.90 Å². The van der Waals surface area contributed by atoms with Crippen molar-refractivity contribution in [3.8, 4) is 0 Å². The Balaban J connectivity index is 1.83. The molecule has 23 heavy (non-hydrogen) atoms. The van der Waals surface area contributed by atoms with Crippen LogP contribution in [-0.2, 0) is 4.79 Å². The van der Waals surface area contributed by atoms with Crippen LogP contribution in [0, 0.1) is 0 Å². The van der Waals surface area contributed by atoms with E-state index in [4.69, 9.17) is 0 Å². The third kappa shape index (κ3) is 3.78. The summed E-state index contributed by atoms with van der Waals surface area (Å²) < 4.78 is 0. The van der Waals surface area contributed by atoms with Crippen LogP contribution in [-0.4, -0.2) is 23.6 Å². The molecule has 1 amide bonds. The van der Waals surface area contributed by atoms with Gasteiger partial charge in [-0.3, -0.25) is 4.79 Å². The third-order valence-corrected chi connectivity index (χ3v) is 4.29. The quantitative estimate of drug-likeness (QED) is 0.794. The van der Waals surface area contributed by atoms with Crippen LogP contribution < -0.4 is 10.6 Å². The number of carbonyl (C=O) groups excluding carboxylic acids is 1. The second-order valence-corrected chi connectivity index (χ2v) is 5.90. The molecule has 1 aliphatic rings. The summed E-state index contributed by atoms with van der Waals surface area (Å²) in [4.78, 5) is 12.5. The molecule has 120 valence electrons. The summed E-state index contributed by atoms with van der Waals surface area (Å²) in [6.45, 7) is 0.870. The van der Waals surface area contributed by atoms with E-state index in [2.05, 4.69) is 10.6 Å². The fraction of sp³-hybridized carbons (Fsp3) is 0.316. The molecule has 0 aliphatic carbocycles. The minimum atomic E-state index is -0.788. The van der Waals surface area contributed by atoms with Gasteiger partial charge in [-0.05, 0) is 30.5 Å². The minimum Gasteiger partial charge on any atom is -0.386 e. The monoisotopic (exact) mass is 310 g/mol. The van der Waals surface area contributed by atoms with E-state index in [1.165, 1.54) is 0 Å². The van der Waals surface area contributed by atoms with Crippen molar-refractivity contribution in [2.24, 2.45) is 0 Å². The molecule has 4 nitrogen and oxygen atoms in total. The Morgan fingerprint density at radius 2 is 1.65 bits per heavy atom. The van der Waals surface area contributed by atoms with E-state index in [9.17, 15) is 9.90 Å². The lowest BCUT2D eigenvalue weighted by molar-refractivity contribution is -0.124. The van der Waals surface area contributed by atoms with Crippen LogP contribution in [0.25, 0.3) is 0 Å². The van der Waals surface area contributed by atoms with Crippen LogP contribution in [0.4, 0.5) is 0 Å². The molecule has 0 saturated carbocycles. The second-order valence-electron chi connectivity index (χ2n) is 5.90. The predicted octanol–water partition coefficient (Wildman–Crippen LogP) is 2.33. The van der Waals surface area contributed by atoms with Gasteiger partial charge >= 0.3 is 0 Å².